The van der Waals surface area contributed by atoms with E-state index < -0.39 is 0 Å². The Morgan fingerprint density at radius 3 is 2.25 bits per heavy atom. The molecule has 0 aliphatic heterocycles. The van der Waals surface area contributed by atoms with Crippen molar-refractivity contribution >= 4 is 0 Å². The lowest BCUT2D eigenvalue weighted by Crippen LogP contribution is -2.36. The first kappa shape index (κ1) is 15.9. The van der Waals surface area contributed by atoms with Crippen LogP contribution in [0.15, 0.2) is 0 Å². The van der Waals surface area contributed by atoms with E-state index in [9.17, 15) is 0 Å². The van der Waals surface area contributed by atoms with E-state index in [0.717, 1.165) is 26.2 Å². The molecular weight excluding hydrogens is 198 g/mol. The van der Waals surface area contributed by atoms with Crippen LogP contribution in [0.5, 0.6) is 0 Å². The summed E-state index contributed by atoms with van der Waals surface area (Å²) in [6.45, 7) is 14.1. The van der Waals surface area contributed by atoms with Crippen molar-refractivity contribution in [2.24, 2.45) is 5.41 Å². The predicted molar refractivity (Wildman–Crippen MR) is 71.9 cm³/mol. The van der Waals surface area contributed by atoms with Crippen LogP contribution in [0.4, 0.5) is 0 Å². The summed E-state index contributed by atoms with van der Waals surface area (Å²) in [5.41, 5.74) is 0.396. The number of hydrogen-bond donors (Lipinski definition) is 1. The van der Waals surface area contributed by atoms with Gasteiger partial charge in [-0.3, -0.25) is 0 Å². The summed E-state index contributed by atoms with van der Waals surface area (Å²) in [4.78, 5) is 0. The summed E-state index contributed by atoms with van der Waals surface area (Å²) in [7, 11) is 0. The van der Waals surface area contributed by atoms with Crippen LogP contribution < -0.4 is 5.32 Å². The van der Waals surface area contributed by atoms with Gasteiger partial charge in [0.05, 0.1) is 0 Å². The van der Waals surface area contributed by atoms with E-state index in [2.05, 4.69) is 39.9 Å². The molecule has 0 bridgehead atoms. The van der Waals surface area contributed by atoms with Crippen LogP contribution in [0.3, 0.4) is 0 Å². The van der Waals surface area contributed by atoms with Crippen molar-refractivity contribution in [3.8, 4) is 0 Å². The number of nitrogens with one attached hydrogen (secondary N) is 1. The predicted octanol–water partition coefficient (Wildman–Crippen LogP) is 3.61. The van der Waals surface area contributed by atoms with Crippen LogP contribution in [0.25, 0.3) is 0 Å². The molecule has 0 heterocycles. The smallest absolute Gasteiger partial charge is 0.0471 e. The normalized spacial score (nSPS) is 15.4. The lowest BCUT2D eigenvalue weighted by molar-refractivity contribution is 0.0940. The second-order valence-corrected chi connectivity index (χ2v) is 5.46. The van der Waals surface area contributed by atoms with Crippen LogP contribution in [-0.4, -0.2) is 25.8 Å². The summed E-state index contributed by atoms with van der Waals surface area (Å²) < 4.78 is 5.60. The van der Waals surface area contributed by atoms with Crippen molar-refractivity contribution in [2.45, 2.75) is 66.3 Å². The molecule has 0 fully saturated rings. The molecule has 0 amide bonds. The molecule has 0 rings (SSSR count). The van der Waals surface area contributed by atoms with Gasteiger partial charge in [0.15, 0.2) is 0 Å². The molecular formula is C14H31NO. The van der Waals surface area contributed by atoms with Gasteiger partial charge >= 0.3 is 0 Å². The lowest BCUT2D eigenvalue weighted by atomic mass is 9.82. The van der Waals surface area contributed by atoms with E-state index in [0.29, 0.717) is 11.5 Å². The van der Waals surface area contributed by atoms with Gasteiger partial charge in [0.2, 0.25) is 0 Å². The zero-order valence-electron chi connectivity index (χ0n) is 11.9. The van der Waals surface area contributed by atoms with Gasteiger partial charge in [-0.25, -0.2) is 0 Å². The molecule has 0 aliphatic rings. The molecule has 1 unspecified atom stereocenters. The third-order valence-electron chi connectivity index (χ3n) is 2.99. The molecule has 0 saturated carbocycles. The molecule has 0 aromatic carbocycles. The number of rotatable bonds is 10. The molecule has 98 valence electrons. The zero-order chi connectivity index (χ0) is 12.4. The summed E-state index contributed by atoms with van der Waals surface area (Å²) in [6.07, 6.45) is 4.82. The molecule has 0 spiro atoms. The molecule has 16 heavy (non-hydrogen) atoms. The van der Waals surface area contributed by atoms with E-state index >= 15 is 0 Å². The third-order valence-corrected chi connectivity index (χ3v) is 2.99. The largest absolute Gasteiger partial charge is 0.381 e. The molecule has 0 saturated heterocycles. The third kappa shape index (κ3) is 8.12. The van der Waals surface area contributed by atoms with E-state index in [4.69, 9.17) is 4.74 Å². The molecule has 0 radical (unpaired) electrons. The highest BCUT2D eigenvalue weighted by Gasteiger charge is 2.22. The minimum Gasteiger partial charge on any atom is -0.381 e. The summed E-state index contributed by atoms with van der Waals surface area (Å²) in [6, 6.07) is 0.577. The Balaban J connectivity index is 3.90. The fraction of sp³-hybridized carbons (Fsp3) is 1.00. The standard InChI is InChI=1S/C14H31NO/c1-6-8-14(5,12-15-13(3)4)9-11-16-10-7-2/h13,15H,6-12H2,1-5H3. The molecule has 1 N–H and O–H groups in total. The van der Waals surface area contributed by atoms with Gasteiger partial charge in [0.1, 0.15) is 0 Å². The van der Waals surface area contributed by atoms with E-state index in [-0.39, 0.29) is 0 Å². The minimum absolute atomic E-state index is 0.396. The van der Waals surface area contributed by atoms with Crippen molar-refractivity contribution in [1.82, 2.24) is 5.32 Å². The van der Waals surface area contributed by atoms with Gasteiger partial charge in [-0.1, -0.05) is 41.0 Å². The quantitative estimate of drug-likeness (QED) is 0.578. The first-order chi connectivity index (χ1) is 7.54. The van der Waals surface area contributed by atoms with Crippen molar-refractivity contribution in [3.05, 3.63) is 0 Å². The van der Waals surface area contributed by atoms with Gasteiger partial charge in [-0.2, -0.15) is 0 Å². The van der Waals surface area contributed by atoms with Crippen LogP contribution in [0.2, 0.25) is 0 Å². The average Bonchev–Trinajstić information content (AvgIpc) is 2.22. The molecule has 0 aromatic heterocycles. The van der Waals surface area contributed by atoms with Gasteiger partial charge in [0.25, 0.3) is 0 Å². The first-order valence-corrected chi connectivity index (χ1v) is 6.85. The fourth-order valence-corrected chi connectivity index (χ4v) is 1.92. The Morgan fingerprint density at radius 2 is 1.75 bits per heavy atom. The summed E-state index contributed by atoms with van der Waals surface area (Å²) in [5.74, 6) is 0. The van der Waals surface area contributed by atoms with Crippen LogP contribution in [0, 0.1) is 5.41 Å². The SMILES string of the molecule is CCCOCCC(C)(CCC)CNC(C)C. The highest BCUT2D eigenvalue weighted by atomic mass is 16.5. The molecule has 0 aliphatic carbocycles. The van der Waals surface area contributed by atoms with Crippen molar-refractivity contribution < 1.29 is 4.74 Å². The topological polar surface area (TPSA) is 21.3 Å². The van der Waals surface area contributed by atoms with Crippen LogP contribution in [-0.2, 0) is 4.74 Å². The maximum absolute atomic E-state index is 5.60. The van der Waals surface area contributed by atoms with Crippen molar-refractivity contribution in [1.29, 1.82) is 0 Å². The van der Waals surface area contributed by atoms with Gasteiger partial charge < -0.3 is 10.1 Å². The monoisotopic (exact) mass is 229 g/mol. The molecule has 1 atom stereocenters. The van der Waals surface area contributed by atoms with Gasteiger partial charge in [0, 0.05) is 25.8 Å². The first-order valence-electron chi connectivity index (χ1n) is 6.85. The van der Waals surface area contributed by atoms with Crippen LogP contribution >= 0.6 is 0 Å². The van der Waals surface area contributed by atoms with Gasteiger partial charge in [-0.15, -0.1) is 0 Å². The second kappa shape index (κ2) is 9.00. The summed E-state index contributed by atoms with van der Waals surface area (Å²) in [5, 5.41) is 3.56. The Hall–Kier alpha value is -0.0800. The summed E-state index contributed by atoms with van der Waals surface area (Å²) >= 11 is 0. The maximum atomic E-state index is 5.60. The fourth-order valence-electron chi connectivity index (χ4n) is 1.92. The Bertz CT molecular complexity index is 159. The number of hydrogen-bond acceptors (Lipinski definition) is 2. The Labute approximate surface area is 102 Å². The van der Waals surface area contributed by atoms with Crippen molar-refractivity contribution in [2.75, 3.05) is 19.8 Å². The van der Waals surface area contributed by atoms with Crippen molar-refractivity contribution in [3.63, 3.8) is 0 Å². The Kier molecular flexibility index (Phi) is 8.96. The second-order valence-electron chi connectivity index (χ2n) is 5.46. The van der Waals surface area contributed by atoms with E-state index in [1.165, 1.54) is 19.3 Å². The maximum Gasteiger partial charge on any atom is 0.0471 e. The highest BCUT2D eigenvalue weighted by molar-refractivity contribution is 4.77. The van der Waals surface area contributed by atoms with E-state index in [1.807, 2.05) is 0 Å². The number of ether oxygens (including phenoxy) is 1. The molecule has 2 nitrogen and oxygen atoms in total. The van der Waals surface area contributed by atoms with Crippen LogP contribution in [0.1, 0.15) is 60.3 Å². The molecule has 0 aromatic rings. The zero-order valence-corrected chi connectivity index (χ0v) is 11.9. The van der Waals surface area contributed by atoms with E-state index in [1.54, 1.807) is 0 Å². The van der Waals surface area contributed by atoms with Gasteiger partial charge in [-0.05, 0) is 24.7 Å². The Morgan fingerprint density at radius 1 is 1.06 bits per heavy atom. The molecule has 2 heteroatoms. The minimum atomic E-state index is 0.396. The highest BCUT2D eigenvalue weighted by Crippen LogP contribution is 2.27. The average molecular weight is 229 g/mol. The lowest BCUT2D eigenvalue weighted by Gasteiger charge is -2.30.